The maximum absolute atomic E-state index is 12.9. The van der Waals surface area contributed by atoms with E-state index in [9.17, 15) is 13.2 Å². The summed E-state index contributed by atoms with van der Waals surface area (Å²) in [5.74, 6) is 0.166. The number of rotatable bonds is 6. The third kappa shape index (κ3) is 4.91. The molecule has 150 valence electrons. The van der Waals surface area contributed by atoms with Crippen molar-refractivity contribution in [3.8, 4) is 5.75 Å². The predicted octanol–water partition coefficient (Wildman–Crippen LogP) is 3.18. The number of hydrogen-bond acceptors (Lipinski definition) is 4. The minimum atomic E-state index is -3.47. The molecule has 1 N–H and O–H groups in total. The second-order valence-corrected chi connectivity index (χ2v) is 9.07. The van der Waals surface area contributed by atoms with Crippen LogP contribution in [-0.2, 0) is 20.6 Å². The molecule has 1 unspecified atom stereocenters. The third-order valence-corrected chi connectivity index (χ3v) is 6.90. The van der Waals surface area contributed by atoms with E-state index in [1.165, 1.54) is 4.31 Å². The molecule has 0 saturated carbocycles. The second kappa shape index (κ2) is 8.75. The topological polar surface area (TPSA) is 75.7 Å². The number of amides is 1. The van der Waals surface area contributed by atoms with Crippen LogP contribution in [0.25, 0.3) is 0 Å². The van der Waals surface area contributed by atoms with Crippen LogP contribution in [0.2, 0.25) is 0 Å². The Labute approximate surface area is 166 Å². The molecule has 2 aromatic carbocycles. The third-order valence-electron chi connectivity index (χ3n) is 5.11. The highest BCUT2D eigenvalue weighted by atomic mass is 32.2. The number of hydrogen-bond donors (Lipinski definition) is 1. The summed E-state index contributed by atoms with van der Waals surface area (Å²) in [4.78, 5) is 12.6. The summed E-state index contributed by atoms with van der Waals surface area (Å²) in [5.41, 5.74) is 2.43. The van der Waals surface area contributed by atoms with Gasteiger partial charge in [0, 0.05) is 18.8 Å². The standard InChI is InChI=1S/C21H26N2O4S/c1-16-6-3-4-7-18(16)15-28(25,26)23-13-5-8-17(14-23)21(24)22-19-9-11-20(27-2)12-10-19/h3-4,6-7,9-12,17H,5,8,13-15H2,1-2H3,(H,22,24). The van der Waals surface area contributed by atoms with E-state index in [1.807, 2.05) is 31.2 Å². The Bertz CT molecular complexity index is 926. The van der Waals surface area contributed by atoms with Crippen molar-refractivity contribution in [2.24, 2.45) is 5.92 Å². The zero-order chi connectivity index (χ0) is 20.1. The molecule has 1 heterocycles. The lowest BCUT2D eigenvalue weighted by Crippen LogP contribution is -2.44. The molecule has 3 rings (SSSR count). The first kappa shape index (κ1) is 20.4. The van der Waals surface area contributed by atoms with Crippen molar-refractivity contribution in [2.45, 2.75) is 25.5 Å². The fourth-order valence-corrected chi connectivity index (χ4v) is 5.10. The monoisotopic (exact) mass is 402 g/mol. The summed E-state index contributed by atoms with van der Waals surface area (Å²) in [6.07, 6.45) is 1.35. The van der Waals surface area contributed by atoms with Gasteiger partial charge in [0.25, 0.3) is 0 Å². The number of aryl methyl sites for hydroxylation is 1. The van der Waals surface area contributed by atoms with Gasteiger partial charge in [-0.25, -0.2) is 12.7 Å². The van der Waals surface area contributed by atoms with Gasteiger partial charge in [-0.3, -0.25) is 4.79 Å². The Kier molecular flexibility index (Phi) is 6.36. The van der Waals surface area contributed by atoms with Crippen molar-refractivity contribution in [1.82, 2.24) is 4.31 Å². The summed E-state index contributed by atoms with van der Waals surface area (Å²) in [6.45, 7) is 2.59. The summed E-state index contributed by atoms with van der Waals surface area (Å²) in [7, 11) is -1.89. The molecule has 6 nitrogen and oxygen atoms in total. The Morgan fingerprint density at radius 3 is 2.57 bits per heavy atom. The molecule has 0 radical (unpaired) electrons. The predicted molar refractivity (Wildman–Crippen MR) is 110 cm³/mol. The lowest BCUT2D eigenvalue weighted by atomic mass is 9.99. The van der Waals surface area contributed by atoms with Gasteiger partial charge in [-0.05, 0) is 55.2 Å². The number of anilines is 1. The zero-order valence-electron chi connectivity index (χ0n) is 16.2. The average molecular weight is 403 g/mol. The van der Waals surface area contributed by atoms with Crippen molar-refractivity contribution >= 4 is 21.6 Å². The smallest absolute Gasteiger partial charge is 0.228 e. The molecule has 2 aromatic rings. The summed E-state index contributed by atoms with van der Waals surface area (Å²) >= 11 is 0. The molecule has 1 aliphatic rings. The number of nitrogens with zero attached hydrogens (tertiary/aromatic N) is 1. The first-order valence-corrected chi connectivity index (χ1v) is 11.0. The lowest BCUT2D eigenvalue weighted by Gasteiger charge is -2.31. The van der Waals surface area contributed by atoms with Crippen LogP contribution in [0.1, 0.15) is 24.0 Å². The van der Waals surface area contributed by atoms with E-state index in [0.29, 0.717) is 30.8 Å². The first-order valence-electron chi connectivity index (χ1n) is 9.36. The SMILES string of the molecule is COc1ccc(NC(=O)C2CCCN(S(=O)(=O)Cc3ccccc3C)C2)cc1. The fourth-order valence-electron chi connectivity index (χ4n) is 3.39. The molecule has 1 fully saturated rings. The summed E-state index contributed by atoms with van der Waals surface area (Å²) in [5, 5.41) is 2.88. The minimum absolute atomic E-state index is 0.0352. The summed E-state index contributed by atoms with van der Waals surface area (Å²) < 4.78 is 32.3. The number of sulfonamides is 1. The van der Waals surface area contributed by atoms with Gasteiger partial charge in [0.15, 0.2) is 0 Å². The Morgan fingerprint density at radius 2 is 1.89 bits per heavy atom. The van der Waals surface area contributed by atoms with Gasteiger partial charge in [0.05, 0.1) is 18.8 Å². The van der Waals surface area contributed by atoms with Crippen molar-refractivity contribution in [1.29, 1.82) is 0 Å². The van der Waals surface area contributed by atoms with Gasteiger partial charge in [-0.2, -0.15) is 0 Å². The van der Waals surface area contributed by atoms with Crippen LogP contribution in [0.3, 0.4) is 0 Å². The van der Waals surface area contributed by atoms with Crippen molar-refractivity contribution in [3.63, 3.8) is 0 Å². The highest BCUT2D eigenvalue weighted by molar-refractivity contribution is 7.88. The van der Waals surface area contributed by atoms with Gasteiger partial charge in [-0.1, -0.05) is 24.3 Å². The molecule has 0 spiro atoms. The molecular formula is C21H26N2O4S. The first-order chi connectivity index (χ1) is 13.4. The van der Waals surface area contributed by atoms with Crippen molar-refractivity contribution in [2.75, 3.05) is 25.5 Å². The molecule has 28 heavy (non-hydrogen) atoms. The number of carbonyl (C=O) groups excluding carboxylic acids is 1. The van der Waals surface area contributed by atoms with E-state index in [2.05, 4.69) is 5.32 Å². The van der Waals surface area contributed by atoms with Crippen LogP contribution in [-0.4, -0.2) is 38.8 Å². The molecule has 7 heteroatoms. The van der Waals surface area contributed by atoms with Gasteiger partial charge in [0.1, 0.15) is 5.75 Å². The molecule has 1 saturated heterocycles. The quantitative estimate of drug-likeness (QED) is 0.805. The van der Waals surface area contributed by atoms with Crippen LogP contribution in [0.5, 0.6) is 5.75 Å². The van der Waals surface area contributed by atoms with E-state index < -0.39 is 10.0 Å². The molecule has 1 amide bonds. The molecule has 0 aromatic heterocycles. The number of nitrogens with one attached hydrogen (secondary N) is 1. The van der Waals surface area contributed by atoms with Crippen LogP contribution in [0.15, 0.2) is 48.5 Å². The van der Waals surface area contributed by atoms with Gasteiger partial charge < -0.3 is 10.1 Å². The van der Waals surface area contributed by atoms with Crippen molar-refractivity contribution < 1.29 is 17.9 Å². The maximum atomic E-state index is 12.9. The number of benzene rings is 2. The molecular weight excluding hydrogens is 376 g/mol. The number of carbonyl (C=O) groups is 1. The summed E-state index contributed by atoms with van der Waals surface area (Å²) in [6, 6.07) is 14.6. The molecule has 0 aliphatic carbocycles. The number of ether oxygens (including phenoxy) is 1. The van der Waals surface area contributed by atoms with Crippen LogP contribution < -0.4 is 10.1 Å². The van der Waals surface area contributed by atoms with Crippen LogP contribution in [0, 0.1) is 12.8 Å². The minimum Gasteiger partial charge on any atom is -0.497 e. The zero-order valence-corrected chi connectivity index (χ0v) is 17.0. The van der Waals surface area contributed by atoms with E-state index in [1.54, 1.807) is 31.4 Å². The maximum Gasteiger partial charge on any atom is 0.228 e. The van der Waals surface area contributed by atoms with Crippen molar-refractivity contribution in [3.05, 3.63) is 59.7 Å². The van der Waals surface area contributed by atoms with Crippen LogP contribution >= 0.6 is 0 Å². The second-order valence-electron chi connectivity index (χ2n) is 7.10. The van der Waals surface area contributed by atoms with E-state index >= 15 is 0 Å². The molecule has 1 aliphatic heterocycles. The van der Waals surface area contributed by atoms with Gasteiger partial charge in [0.2, 0.25) is 15.9 Å². The van der Waals surface area contributed by atoms with Gasteiger partial charge in [-0.15, -0.1) is 0 Å². The fraction of sp³-hybridized carbons (Fsp3) is 0.381. The van der Waals surface area contributed by atoms with E-state index in [0.717, 1.165) is 11.1 Å². The Hall–Kier alpha value is -2.38. The molecule has 0 bridgehead atoms. The largest absolute Gasteiger partial charge is 0.497 e. The van der Waals surface area contributed by atoms with E-state index in [-0.39, 0.29) is 24.1 Å². The average Bonchev–Trinajstić information content (AvgIpc) is 2.70. The Balaban J connectivity index is 1.65. The van der Waals surface area contributed by atoms with E-state index in [4.69, 9.17) is 4.74 Å². The highest BCUT2D eigenvalue weighted by Gasteiger charge is 2.32. The van der Waals surface area contributed by atoms with Crippen LogP contribution in [0.4, 0.5) is 5.69 Å². The number of methoxy groups -OCH3 is 1. The normalized spacial score (nSPS) is 17.9. The lowest BCUT2D eigenvalue weighted by molar-refractivity contribution is -0.120. The molecule has 1 atom stereocenters. The Morgan fingerprint density at radius 1 is 1.18 bits per heavy atom. The number of piperidine rings is 1. The highest BCUT2D eigenvalue weighted by Crippen LogP contribution is 2.24. The van der Waals surface area contributed by atoms with Gasteiger partial charge >= 0.3 is 0 Å².